The number of aromatic nitrogens is 2. The van der Waals surface area contributed by atoms with E-state index in [2.05, 4.69) is 0 Å². The van der Waals surface area contributed by atoms with E-state index in [1.165, 1.54) is 0 Å². The summed E-state index contributed by atoms with van der Waals surface area (Å²) in [6.45, 7) is 12.4. The topological polar surface area (TPSA) is 197 Å². The molecule has 0 spiro atoms. The van der Waals surface area contributed by atoms with Gasteiger partial charge in [0.05, 0.1) is 115 Å². The number of hydrogen-bond donors (Lipinski definition) is 0. The van der Waals surface area contributed by atoms with E-state index in [9.17, 15) is 19.2 Å². The number of nitrogens with zero attached hydrogens (tertiary/aromatic N) is 2. The summed E-state index contributed by atoms with van der Waals surface area (Å²) in [4.78, 5) is 59.3. The Balaban J connectivity index is 0.831. The number of hydrogen-bond acceptors (Lipinski definition) is 17. The molecule has 0 amide bonds. The van der Waals surface area contributed by atoms with Crippen LogP contribution in [0.3, 0.4) is 0 Å². The maximum Gasteiger partial charge on any atom is 0.355 e. The normalized spacial score (nSPS) is 18.0. The Morgan fingerprint density at radius 2 is 1.41 bits per heavy atom. The summed E-state index contributed by atoms with van der Waals surface area (Å²) in [7, 11) is 1.63. The zero-order chi connectivity index (χ0) is 48.1. The van der Waals surface area contributed by atoms with Crippen molar-refractivity contribution in [3.63, 3.8) is 0 Å². The fourth-order valence-corrected chi connectivity index (χ4v) is 8.52. The van der Waals surface area contributed by atoms with Crippen LogP contribution in [0.2, 0.25) is 0 Å². The number of cyclic esters (lactones) is 1. The van der Waals surface area contributed by atoms with Gasteiger partial charge in [-0.1, -0.05) is 25.1 Å². The molecule has 4 aromatic rings. The summed E-state index contributed by atoms with van der Waals surface area (Å²) < 4.78 is 68.8. The highest BCUT2D eigenvalue weighted by atomic mass is 16.6. The maximum absolute atomic E-state index is 13.9. The zero-order valence-electron chi connectivity index (χ0n) is 39.6. The van der Waals surface area contributed by atoms with Gasteiger partial charge in [0.15, 0.2) is 6.61 Å². The molecule has 18 nitrogen and oxygen atoms in total. The second-order valence-electron chi connectivity index (χ2n) is 16.8. The molecule has 2 unspecified atom stereocenters. The summed E-state index contributed by atoms with van der Waals surface area (Å²) >= 11 is 0. The lowest BCUT2D eigenvalue weighted by molar-refractivity contribution is -0.190. The largest absolute Gasteiger partial charge is 0.481 e. The van der Waals surface area contributed by atoms with Gasteiger partial charge in [-0.3, -0.25) is 4.79 Å². The molecule has 2 aromatic heterocycles. The van der Waals surface area contributed by atoms with Crippen LogP contribution in [0, 0.1) is 13.8 Å². The molecule has 3 aliphatic heterocycles. The highest BCUT2D eigenvalue weighted by Crippen LogP contribution is 2.43. The SMILES string of the molecule is CCC1(OC(=O)COc2c(C)cc3c(c2C)CCC(C)(C(=O)OCCOCCOCCOCCOCCOCCOCCOC)O3)C(=O)OCc2c1cc1n(c2=O)Cc2cc3ccccc3nc2-1. The molecule has 3 aliphatic rings. The fourth-order valence-electron chi connectivity index (χ4n) is 8.52. The average Bonchev–Trinajstić information content (AvgIpc) is 3.69. The molecule has 68 heavy (non-hydrogen) atoms. The monoisotopic (exact) mass is 946 g/mol. The first-order chi connectivity index (χ1) is 33.0. The van der Waals surface area contributed by atoms with Crippen LogP contribution in [0.4, 0.5) is 0 Å². The Hall–Kier alpha value is -5.47. The molecule has 0 saturated heterocycles. The predicted molar refractivity (Wildman–Crippen MR) is 245 cm³/mol. The van der Waals surface area contributed by atoms with E-state index < -0.39 is 35.7 Å². The molecule has 2 aromatic carbocycles. The molecular weight excluding hydrogens is 885 g/mol. The van der Waals surface area contributed by atoms with E-state index in [0.717, 1.165) is 27.6 Å². The van der Waals surface area contributed by atoms with Crippen LogP contribution >= 0.6 is 0 Å². The van der Waals surface area contributed by atoms with Crippen molar-refractivity contribution in [2.24, 2.45) is 0 Å². The van der Waals surface area contributed by atoms with Crippen LogP contribution in [0.15, 0.2) is 47.3 Å². The Kier molecular flexibility index (Phi) is 17.6. The number of carbonyl (C=O) groups is 3. The summed E-state index contributed by atoms with van der Waals surface area (Å²) in [5.41, 5.74) is 2.15. The van der Waals surface area contributed by atoms with E-state index in [1.807, 2.05) is 37.3 Å². The summed E-state index contributed by atoms with van der Waals surface area (Å²) in [6.07, 6.45) is 0.840. The minimum absolute atomic E-state index is 0.0176. The molecule has 2 atom stereocenters. The highest BCUT2D eigenvalue weighted by Gasteiger charge is 2.50. The van der Waals surface area contributed by atoms with E-state index in [4.69, 9.17) is 61.8 Å². The maximum atomic E-state index is 13.9. The molecule has 0 bridgehead atoms. The predicted octanol–water partition coefficient (Wildman–Crippen LogP) is 4.70. The number of para-hydroxylation sites is 1. The Bertz CT molecular complexity index is 2470. The third-order valence-corrected chi connectivity index (χ3v) is 12.2. The molecule has 18 heteroatoms. The molecule has 368 valence electrons. The van der Waals surface area contributed by atoms with E-state index in [1.54, 1.807) is 44.6 Å². The van der Waals surface area contributed by atoms with E-state index >= 15 is 0 Å². The summed E-state index contributed by atoms with van der Waals surface area (Å²) in [5, 5.41) is 0.951. The number of carbonyl (C=O) groups excluding carboxylic acids is 3. The van der Waals surface area contributed by atoms with Crippen LogP contribution in [0.25, 0.3) is 22.3 Å². The molecule has 0 fully saturated rings. The van der Waals surface area contributed by atoms with Gasteiger partial charge < -0.3 is 61.4 Å². The van der Waals surface area contributed by atoms with Crippen LogP contribution in [-0.2, 0) is 86.9 Å². The van der Waals surface area contributed by atoms with Crippen molar-refractivity contribution in [2.45, 2.75) is 71.3 Å². The van der Waals surface area contributed by atoms with Gasteiger partial charge in [0.1, 0.15) is 24.7 Å². The van der Waals surface area contributed by atoms with Crippen molar-refractivity contribution in [3.05, 3.63) is 86.2 Å². The Morgan fingerprint density at radius 3 is 2.04 bits per heavy atom. The van der Waals surface area contributed by atoms with Crippen molar-refractivity contribution >= 4 is 28.8 Å². The van der Waals surface area contributed by atoms with Crippen molar-refractivity contribution in [1.29, 1.82) is 0 Å². The number of esters is 3. The van der Waals surface area contributed by atoms with Gasteiger partial charge in [0.2, 0.25) is 11.2 Å². The van der Waals surface area contributed by atoms with Crippen molar-refractivity contribution in [3.8, 4) is 22.9 Å². The fraction of sp³-hybridized carbons (Fsp3) is 0.540. The first-order valence-corrected chi connectivity index (χ1v) is 23.1. The lowest BCUT2D eigenvalue weighted by atomic mass is 9.85. The van der Waals surface area contributed by atoms with Gasteiger partial charge in [-0.25, -0.2) is 19.4 Å². The third kappa shape index (κ3) is 11.7. The smallest absolute Gasteiger partial charge is 0.355 e. The van der Waals surface area contributed by atoms with Gasteiger partial charge in [-0.05, 0) is 69.0 Å². The number of benzene rings is 2. The first kappa shape index (κ1) is 50.4. The van der Waals surface area contributed by atoms with Gasteiger partial charge in [0.25, 0.3) is 5.56 Å². The van der Waals surface area contributed by atoms with Crippen LogP contribution in [0.5, 0.6) is 11.5 Å². The molecule has 5 heterocycles. The standard InChI is InChI=1S/C50H62N2O16/c1-6-50(39-29-41-44-36(28-35-9-7-8-10-40(35)51-44)30-52(41)46(54)38(39)31-66-48(50)56)68-43(53)32-65-45-33(2)27-42-37(34(45)3)11-12-49(4,67-42)47(55)64-26-25-63-24-23-62-22-21-61-20-19-60-18-17-59-16-15-58-14-13-57-5/h7-10,27-29H,6,11-26,30-32H2,1-5H3. The lowest BCUT2D eigenvalue weighted by Gasteiger charge is -2.36. The quantitative estimate of drug-likeness (QED) is 0.0399. The number of ether oxygens (including phenoxy) is 12. The van der Waals surface area contributed by atoms with E-state index in [0.29, 0.717) is 127 Å². The first-order valence-electron chi connectivity index (χ1n) is 23.1. The number of aryl methyl sites for hydroxylation is 1. The van der Waals surface area contributed by atoms with Gasteiger partial charge in [-0.15, -0.1) is 0 Å². The minimum atomic E-state index is -1.87. The summed E-state index contributed by atoms with van der Waals surface area (Å²) in [6, 6.07) is 13.2. The zero-order valence-corrected chi connectivity index (χ0v) is 39.6. The molecule has 0 N–H and O–H groups in total. The van der Waals surface area contributed by atoms with E-state index in [-0.39, 0.29) is 42.9 Å². The molecule has 7 rings (SSSR count). The van der Waals surface area contributed by atoms with Crippen molar-refractivity contribution in [2.75, 3.05) is 106 Å². The summed E-state index contributed by atoms with van der Waals surface area (Å²) in [5.74, 6) is -1.13. The average molecular weight is 947 g/mol. The van der Waals surface area contributed by atoms with Crippen molar-refractivity contribution < 1.29 is 71.2 Å². The lowest BCUT2D eigenvalue weighted by Crippen LogP contribution is -2.48. The molecule has 0 radical (unpaired) electrons. The highest BCUT2D eigenvalue weighted by molar-refractivity contribution is 5.88. The second-order valence-corrected chi connectivity index (χ2v) is 16.8. The number of pyridine rings is 2. The van der Waals surface area contributed by atoms with Crippen LogP contribution in [0.1, 0.15) is 60.1 Å². The van der Waals surface area contributed by atoms with Crippen LogP contribution < -0.4 is 15.0 Å². The van der Waals surface area contributed by atoms with Crippen molar-refractivity contribution in [1.82, 2.24) is 9.55 Å². The number of rotatable bonds is 27. The molecule has 0 saturated carbocycles. The Morgan fingerprint density at radius 1 is 0.794 bits per heavy atom. The van der Waals surface area contributed by atoms with Crippen LogP contribution in [-0.4, -0.2) is 139 Å². The number of methoxy groups -OCH3 is 1. The molecular formula is C50H62N2O16. The van der Waals surface area contributed by atoms with Gasteiger partial charge in [0, 0.05) is 35.6 Å². The second kappa shape index (κ2) is 23.7. The van der Waals surface area contributed by atoms with Gasteiger partial charge >= 0.3 is 17.9 Å². The Labute approximate surface area is 395 Å². The minimum Gasteiger partial charge on any atom is -0.481 e. The molecule has 0 aliphatic carbocycles. The van der Waals surface area contributed by atoms with Gasteiger partial charge in [-0.2, -0.15) is 0 Å². The number of fused-ring (bicyclic) bond motifs is 6. The third-order valence-electron chi connectivity index (χ3n) is 12.2.